The van der Waals surface area contributed by atoms with Gasteiger partial charge < -0.3 is 5.32 Å². The number of hydrogen-bond donors (Lipinski definition) is 1. The third-order valence-corrected chi connectivity index (χ3v) is 4.18. The van der Waals surface area contributed by atoms with Crippen LogP contribution < -0.4 is 5.32 Å². The molecule has 0 spiro atoms. The number of carbonyl (C=O) groups excluding carboxylic acids is 1. The highest BCUT2D eigenvalue weighted by atomic mass is 32.1. The summed E-state index contributed by atoms with van der Waals surface area (Å²) in [4.78, 5) is 16.9. The highest BCUT2D eigenvalue weighted by Crippen LogP contribution is 2.33. The number of nitrogens with one attached hydrogen (secondary N) is 1. The quantitative estimate of drug-likeness (QED) is 0.786. The summed E-state index contributed by atoms with van der Waals surface area (Å²) in [5.74, 6) is -0.185. The van der Waals surface area contributed by atoms with Crippen LogP contribution in [0.5, 0.6) is 0 Å². The van der Waals surface area contributed by atoms with Crippen molar-refractivity contribution in [3.05, 3.63) is 71.2 Å². The van der Waals surface area contributed by atoms with Crippen LogP contribution in [0, 0.1) is 11.3 Å². The van der Waals surface area contributed by atoms with Crippen molar-refractivity contribution in [3.8, 4) is 17.3 Å². The molecule has 0 fully saturated rings. The number of rotatable bonds is 4. The van der Waals surface area contributed by atoms with E-state index in [4.69, 9.17) is 5.26 Å². The van der Waals surface area contributed by atoms with E-state index in [0.29, 0.717) is 21.3 Å². The predicted octanol–water partition coefficient (Wildman–Crippen LogP) is 4.13. The van der Waals surface area contributed by atoms with Crippen molar-refractivity contribution in [3.63, 3.8) is 0 Å². The van der Waals surface area contributed by atoms with Gasteiger partial charge in [0.2, 0.25) is 0 Å². The molecule has 0 aliphatic heterocycles. The van der Waals surface area contributed by atoms with Gasteiger partial charge in [-0.3, -0.25) is 4.79 Å². The van der Waals surface area contributed by atoms with Crippen molar-refractivity contribution in [1.29, 1.82) is 5.26 Å². The zero-order chi connectivity index (χ0) is 16.1. The van der Waals surface area contributed by atoms with Crippen LogP contribution in [0.3, 0.4) is 0 Å². The molecule has 0 radical (unpaired) electrons. The van der Waals surface area contributed by atoms with Gasteiger partial charge in [0.1, 0.15) is 15.7 Å². The number of thiazole rings is 1. The second-order valence-electron chi connectivity index (χ2n) is 4.81. The molecule has 1 aromatic heterocycles. The number of hydrogen-bond acceptors (Lipinski definition) is 4. The summed E-state index contributed by atoms with van der Waals surface area (Å²) >= 11 is 1.34. The van der Waals surface area contributed by atoms with Gasteiger partial charge in [-0.2, -0.15) is 5.26 Å². The van der Waals surface area contributed by atoms with Gasteiger partial charge in [-0.25, -0.2) is 4.98 Å². The van der Waals surface area contributed by atoms with E-state index in [2.05, 4.69) is 16.4 Å². The first-order valence-corrected chi connectivity index (χ1v) is 7.88. The van der Waals surface area contributed by atoms with Gasteiger partial charge >= 0.3 is 0 Å². The fourth-order valence-corrected chi connectivity index (χ4v) is 3.06. The summed E-state index contributed by atoms with van der Waals surface area (Å²) < 4.78 is 0. The van der Waals surface area contributed by atoms with Gasteiger partial charge in [-0.1, -0.05) is 59.9 Å². The third-order valence-electron chi connectivity index (χ3n) is 3.21. The Morgan fingerprint density at radius 3 is 2.39 bits per heavy atom. The van der Waals surface area contributed by atoms with Crippen molar-refractivity contribution in [1.82, 2.24) is 4.98 Å². The lowest BCUT2D eigenvalue weighted by Crippen LogP contribution is -2.11. The van der Waals surface area contributed by atoms with Crippen LogP contribution in [-0.4, -0.2) is 10.9 Å². The van der Waals surface area contributed by atoms with E-state index in [-0.39, 0.29) is 12.3 Å². The molecule has 0 saturated heterocycles. The maximum Gasteiger partial charge on any atom is 0.256 e. The zero-order valence-electron chi connectivity index (χ0n) is 12.2. The van der Waals surface area contributed by atoms with Crippen LogP contribution in [-0.2, 0) is 6.42 Å². The van der Waals surface area contributed by atoms with E-state index in [0.717, 1.165) is 5.56 Å². The molecule has 0 bridgehead atoms. The molecule has 23 heavy (non-hydrogen) atoms. The topological polar surface area (TPSA) is 65.8 Å². The van der Waals surface area contributed by atoms with Gasteiger partial charge in [0.05, 0.1) is 12.5 Å². The maximum absolute atomic E-state index is 12.4. The molecule has 1 N–H and O–H groups in total. The summed E-state index contributed by atoms with van der Waals surface area (Å²) in [6.45, 7) is 0. The number of aromatic nitrogens is 1. The minimum Gasteiger partial charge on any atom is -0.312 e. The second kappa shape index (κ2) is 6.86. The van der Waals surface area contributed by atoms with Gasteiger partial charge in [-0.05, 0) is 12.1 Å². The normalized spacial score (nSPS) is 10.0. The van der Waals surface area contributed by atoms with Crippen molar-refractivity contribution < 1.29 is 4.79 Å². The number of nitriles is 1. The molecule has 0 aliphatic carbocycles. The molecule has 0 aliphatic rings. The van der Waals surface area contributed by atoms with E-state index in [1.807, 2.05) is 48.5 Å². The van der Waals surface area contributed by atoms with Crippen LogP contribution in [0.25, 0.3) is 11.3 Å². The predicted molar refractivity (Wildman–Crippen MR) is 91.3 cm³/mol. The Morgan fingerprint density at radius 1 is 1.09 bits per heavy atom. The van der Waals surface area contributed by atoms with Crippen LogP contribution in [0.4, 0.5) is 5.00 Å². The van der Waals surface area contributed by atoms with Gasteiger partial charge in [-0.15, -0.1) is 0 Å². The summed E-state index contributed by atoms with van der Waals surface area (Å²) in [5.41, 5.74) is 2.20. The highest BCUT2D eigenvalue weighted by Gasteiger charge is 2.16. The summed E-state index contributed by atoms with van der Waals surface area (Å²) in [7, 11) is 0. The highest BCUT2D eigenvalue weighted by molar-refractivity contribution is 7.16. The molecular weight excluding hydrogens is 306 g/mol. The Labute approximate surface area is 138 Å². The van der Waals surface area contributed by atoms with E-state index >= 15 is 0 Å². The average Bonchev–Trinajstić information content (AvgIpc) is 2.99. The van der Waals surface area contributed by atoms with E-state index in [9.17, 15) is 4.79 Å². The lowest BCUT2D eigenvalue weighted by Gasteiger charge is -2.05. The Hall–Kier alpha value is -2.97. The minimum atomic E-state index is -0.185. The van der Waals surface area contributed by atoms with E-state index in [1.165, 1.54) is 11.3 Å². The monoisotopic (exact) mass is 319 g/mol. The largest absolute Gasteiger partial charge is 0.312 e. The third kappa shape index (κ3) is 3.44. The van der Waals surface area contributed by atoms with Gasteiger partial charge in [0.25, 0.3) is 5.91 Å². The van der Waals surface area contributed by atoms with Crippen molar-refractivity contribution in [2.24, 2.45) is 0 Å². The van der Waals surface area contributed by atoms with Crippen LogP contribution in [0.1, 0.15) is 15.4 Å². The molecule has 3 rings (SSSR count). The molecule has 3 aromatic rings. The van der Waals surface area contributed by atoms with E-state index < -0.39 is 0 Å². The lowest BCUT2D eigenvalue weighted by molar-refractivity contribution is 0.102. The summed E-state index contributed by atoms with van der Waals surface area (Å²) in [6, 6.07) is 20.7. The average molecular weight is 319 g/mol. The summed E-state index contributed by atoms with van der Waals surface area (Å²) in [6.07, 6.45) is 0.228. The van der Waals surface area contributed by atoms with Crippen molar-refractivity contribution >= 4 is 22.2 Å². The Morgan fingerprint density at radius 2 is 1.74 bits per heavy atom. The SMILES string of the molecule is N#CCc1nc(-c2ccccc2)c(NC(=O)c2ccccc2)s1. The number of anilines is 1. The number of carbonyl (C=O) groups is 1. The minimum absolute atomic E-state index is 0.185. The Balaban J connectivity index is 1.95. The van der Waals surface area contributed by atoms with Gasteiger partial charge in [0, 0.05) is 11.1 Å². The molecule has 0 unspecified atom stereocenters. The number of benzene rings is 2. The van der Waals surface area contributed by atoms with Crippen LogP contribution in [0.2, 0.25) is 0 Å². The fraction of sp³-hybridized carbons (Fsp3) is 0.0556. The standard InChI is InChI=1S/C18H13N3OS/c19-12-11-15-20-16(13-7-3-1-4-8-13)18(23-15)21-17(22)14-9-5-2-6-10-14/h1-10H,11H2,(H,21,22). The number of amides is 1. The first-order chi connectivity index (χ1) is 11.3. The molecule has 0 atom stereocenters. The maximum atomic E-state index is 12.4. The van der Waals surface area contributed by atoms with Crippen LogP contribution >= 0.6 is 11.3 Å². The van der Waals surface area contributed by atoms with Crippen molar-refractivity contribution in [2.75, 3.05) is 5.32 Å². The zero-order valence-corrected chi connectivity index (χ0v) is 13.0. The molecule has 5 heteroatoms. The molecule has 112 valence electrons. The first-order valence-electron chi connectivity index (χ1n) is 7.06. The van der Waals surface area contributed by atoms with Crippen molar-refractivity contribution in [2.45, 2.75) is 6.42 Å². The molecule has 4 nitrogen and oxygen atoms in total. The molecule has 1 amide bonds. The molecule has 2 aromatic carbocycles. The molecular formula is C18H13N3OS. The van der Waals surface area contributed by atoms with Gasteiger partial charge in [0.15, 0.2) is 0 Å². The molecule has 0 saturated carbocycles. The van der Waals surface area contributed by atoms with Crippen LogP contribution in [0.15, 0.2) is 60.7 Å². The second-order valence-corrected chi connectivity index (χ2v) is 5.89. The van der Waals surface area contributed by atoms with E-state index in [1.54, 1.807) is 12.1 Å². The first kappa shape index (κ1) is 14.9. The molecule has 1 heterocycles. The lowest BCUT2D eigenvalue weighted by atomic mass is 10.1. The summed E-state index contributed by atoms with van der Waals surface area (Å²) in [5, 5.41) is 13.1. The number of nitrogens with zero attached hydrogens (tertiary/aromatic N) is 2. The Bertz CT molecular complexity index is 851. The fourth-order valence-electron chi connectivity index (χ4n) is 2.15. The Kier molecular flexibility index (Phi) is 4.46. The smallest absolute Gasteiger partial charge is 0.256 e.